The van der Waals surface area contributed by atoms with E-state index in [4.69, 9.17) is 0 Å². The molecule has 0 spiro atoms. The quantitative estimate of drug-likeness (QED) is 0.894. The van der Waals surface area contributed by atoms with E-state index in [2.05, 4.69) is 17.4 Å². The normalized spacial score (nSPS) is 23.7. The number of carbonyl (C=O) groups is 1. The molecule has 0 radical (unpaired) electrons. The van der Waals surface area contributed by atoms with Gasteiger partial charge in [-0.1, -0.05) is 30.3 Å². The van der Waals surface area contributed by atoms with Gasteiger partial charge >= 0.3 is 6.03 Å². The molecule has 1 aliphatic heterocycles. The zero-order valence-electron chi connectivity index (χ0n) is 12.4. The van der Waals surface area contributed by atoms with Crippen LogP contribution in [0, 0.1) is 11.8 Å². The molecule has 2 atom stereocenters. The number of aliphatic hydroxyl groups is 1. The molecule has 1 saturated heterocycles. The summed E-state index contributed by atoms with van der Waals surface area (Å²) in [5, 5.41) is 12.5. The Balaban J connectivity index is 1.64. The number of aliphatic hydroxyl groups excluding tert-OH is 1. The summed E-state index contributed by atoms with van der Waals surface area (Å²) < 4.78 is 0. The molecule has 1 heterocycles. The van der Waals surface area contributed by atoms with Crippen LogP contribution in [0.25, 0.3) is 0 Å². The van der Waals surface area contributed by atoms with Gasteiger partial charge in [0.15, 0.2) is 0 Å². The fraction of sp³-hybridized carbons (Fsp3) is 0.588. The molecule has 2 unspecified atom stereocenters. The molecule has 4 nitrogen and oxygen atoms in total. The second-order valence-electron chi connectivity index (χ2n) is 6.31. The zero-order chi connectivity index (χ0) is 14.7. The summed E-state index contributed by atoms with van der Waals surface area (Å²) in [6.07, 6.45) is 4.39. The van der Waals surface area contributed by atoms with Gasteiger partial charge in [-0.25, -0.2) is 4.79 Å². The van der Waals surface area contributed by atoms with E-state index in [9.17, 15) is 9.90 Å². The second kappa shape index (κ2) is 6.48. The third-order valence-corrected chi connectivity index (χ3v) is 4.60. The number of urea groups is 1. The monoisotopic (exact) mass is 288 g/mol. The minimum Gasteiger partial charge on any atom is -0.396 e. The maximum atomic E-state index is 12.5. The maximum absolute atomic E-state index is 12.5. The SMILES string of the molecule is O=C(NC(c1ccccc1)C1CC1)N1CCCC(CO)C1. The van der Waals surface area contributed by atoms with E-state index in [1.54, 1.807) is 0 Å². The molecule has 2 amide bonds. The number of hydrogen-bond donors (Lipinski definition) is 2. The van der Waals surface area contributed by atoms with Gasteiger partial charge in [0.1, 0.15) is 0 Å². The van der Waals surface area contributed by atoms with Gasteiger partial charge in [-0.15, -0.1) is 0 Å². The topological polar surface area (TPSA) is 52.6 Å². The molecule has 2 aliphatic rings. The Hall–Kier alpha value is -1.55. The van der Waals surface area contributed by atoms with Crippen LogP contribution >= 0.6 is 0 Å². The lowest BCUT2D eigenvalue weighted by Gasteiger charge is -2.33. The summed E-state index contributed by atoms with van der Waals surface area (Å²) in [6.45, 7) is 1.65. The van der Waals surface area contributed by atoms with Crippen molar-refractivity contribution < 1.29 is 9.90 Å². The molecule has 1 aromatic rings. The van der Waals surface area contributed by atoms with Crippen molar-refractivity contribution in [3.63, 3.8) is 0 Å². The van der Waals surface area contributed by atoms with Crippen LogP contribution in [-0.4, -0.2) is 35.7 Å². The zero-order valence-corrected chi connectivity index (χ0v) is 12.4. The second-order valence-corrected chi connectivity index (χ2v) is 6.31. The molecule has 1 saturated carbocycles. The average Bonchev–Trinajstić information content (AvgIpc) is 3.38. The van der Waals surface area contributed by atoms with E-state index in [0.717, 1.165) is 19.4 Å². The fourth-order valence-corrected chi connectivity index (χ4v) is 3.19. The lowest BCUT2D eigenvalue weighted by molar-refractivity contribution is 0.127. The van der Waals surface area contributed by atoms with Crippen molar-refractivity contribution >= 4 is 6.03 Å². The number of nitrogens with one attached hydrogen (secondary N) is 1. The standard InChI is InChI=1S/C17H24N2O2/c20-12-13-5-4-10-19(11-13)17(21)18-16(15-8-9-15)14-6-2-1-3-7-14/h1-3,6-7,13,15-16,20H,4-5,8-12H2,(H,18,21). The number of piperidine rings is 1. The number of amides is 2. The Morgan fingerprint density at radius 2 is 2.05 bits per heavy atom. The fourth-order valence-electron chi connectivity index (χ4n) is 3.19. The number of benzene rings is 1. The van der Waals surface area contributed by atoms with Crippen LogP contribution in [0.4, 0.5) is 4.79 Å². The summed E-state index contributed by atoms with van der Waals surface area (Å²) in [7, 11) is 0. The highest BCUT2D eigenvalue weighted by molar-refractivity contribution is 5.75. The van der Waals surface area contributed by atoms with Crippen LogP contribution in [-0.2, 0) is 0 Å². The average molecular weight is 288 g/mol. The first-order valence-corrected chi connectivity index (χ1v) is 7.99. The summed E-state index contributed by atoms with van der Waals surface area (Å²) >= 11 is 0. The van der Waals surface area contributed by atoms with Gasteiger partial charge in [0.25, 0.3) is 0 Å². The van der Waals surface area contributed by atoms with Crippen LogP contribution in [0.1, 0.15) is 37.3 Å². The third kappa shape index (κ3) is 3.56. The van der Waals surface area contributed by atoms with Gasteiger partial charge in [-0.2, -0.15) is 0 Å². The van der Waals surface area contributed by atoms with Crippen LogP contribution in [0.3, 0.4) is 0 Å². The lowest BCUT2D eigenvalue weighted by atomic mass is 9.99. The van der Waals surface area contributed by atoms with E-state index in [-0.39, 0.29) is 24.6 Å². The van der Waals surface area contributed by atoms with E-state index < -0.39 is 0 Å². The van der Waals surface area contributed by atoms with E-state index in [1.807, 2.05) is 23.1 Å². The first-order valence-electron chi connectivity index (χ1n) is 7.99. The van der Waals surface area contributed by atoms with Crippen molar-refractivity contribution in [1.82, 2.24) is 10.2 Å². The van der Waals surface area contributed by atoms with Crippen molar-refractivity contribution in [2.45, 2.75) is 31.7 Å². The summed E-state index contributed by atoms with van der Waals surface area (Å²) in [5.41, 5.74) is 1.20. The van der Waals surface area contributed by atoms with E-state index >= 15 is 0 Å². The molecule has 4 heteroatoms. The minimum absolute atomic E-state index is 0.0221. The highest BCUT2D eigenvalue weighted by atomic mass is 16.3. The Morgan fingerprint density at radius 1 is 1.29 bits per heavy atom. The summed E-state index contributed by atoms with van der Waals surface area (Å²) in [4.78, 5) is 14.4. The van der Waals surface area contributed by atoms with Crippen LogP contribution in [0.2, 0.25) is 0 Å². The van der Waals surface area contributed by atoms with Crippen LogP contribution in [0.5, 0.6) is 0 Å². The van der Waals surface area contributed by atoms with Crippen molar-refractivity contribution in [1.29, 1.82) is 0 Å². The Kier molecular flexibility index (Phi) is 4.44. The molecule has 114 valence electrons. The molecule has 0 bridgehead atoms. The Morgan fingerprint density at radius 3 is 2.71 bits per heavy atom. The highest BCUT2D eigenvalue weighted by Crippen LogP contribution is 2.41. The van der Waals surface area contributed by atoms with Gasteiger partial charge in [-0.05, 0) is 43.1 Å². The molecule has 21 heavy (non-hydrogen) atoms. The number of carbonyl (C=O) groups excluding carboxylic acids is 1. The van der Waals surface area contributed by atoms with Gasteiger partial charge in [0.2, 0.25) is 0 Å². The lowest BCUT2D eigenvalue weighted by Crippen LogP contribution is -2.47. The van der Waals surface area contributed by atoms with Gasteiger partial charge in [0.05, 0.1) is 6.04 Å². The Labute approximate surface area is 126 Å². The van der Waals surface area contributed by atoms with Crippen LogP contribution in [0.15, 0.2) is 30.3 Å². The van der Waals surface area contributed by atoms with E-state index in [0.29, 0.717) is 12.5 Å². The Bertz CT molecular complexity index is 473. The van der Waals surface area contributed by atoms with Crippen molar-refractivity contribution in [3.8, 4) is 0 Å². The van der Waals surface area contributed by atoms with E-state index in [1.165, 1.54) is 18.4 Å². The molecule has 2 N–H and O–H groups in total. The highest BCUT2D eigenvalue weighted by Gasteiger charge is 2.34. The van der Waals surface area contributed by atoms with Gasteiger partial charge < -0.3 is 15.3 Å². The molecule has 0 aromatic heterocycles. The largest absolute Gasteiger partial charge is 0.396 e. The molecule has 3 rings (SSSR count). The molecular formula is C17H24N2O2. The molecule has 2 fully saturated rings. The summed E-state index contributed by atoms with van der Waals surface area (Å²) in [5.74, 6) is 0.815. The van der Waals surface area contributed by atoms with Crippen molar-refractivity contribution in [2.75, 3.05) is 19.7 Å². The number of nitrogens with zero attached hydrogens (tertiary/aromatic N) is 1. The predicted molar refractivity (Wildman–Crippen MR) is 81.8 cm³/mol. The minimum atomic E-state index is 0.0221. The first kappa shape index (κ1) is 14.4. The first-order chi connectivity index (χ1) is 10.3. The van der Waals surface area contributed by atoms with Gasteiger partial charge in [0, 0.05) is 19.7 Å². The summed E-state index contributed by atoms with van der Waals surface area (Å²) in [6, 6.07) is 10.4. The predicted octanol–water partition coefficient (Wildman–Crippen LogP) is 2.55. The number of likely N-dealkylation sites (tertiary alicyclic amines) is 1. The smallest absolute Gasteiger partial charge is 0.317 e. The molecule has 1 aliphatic carbocycles. The third-order valence-electron chi connectivity index (χ3n) is 4.60. The van der Waals surface area contributed by atoms with Crippen molar-refractivity contribution in [3.05, 3.63) is 35.9 Å². The van der Waals surface area contributed by atoms with Gasteiger partial charge in [-0.3, -0.25) is 0 Å². The number of hydrogen-bond acceptors (Lipinski definition) is 2. The molecule has 1 aromatic carbocycles. The molecular weight excluding hydrogens is 264 g/mol. The number of rotatable bonds is 4. The van der Waals surface area contributed by atoms with Crippen molar-refractivity contribution in [2.24, 2.45) is 11.8 Å². The van der Waals surface area contributed by atoms with Crippen LogP contribution < -0.4 is 5.32 Å². The maximum Gasteiger partial charge on any atom is 0.317 e.